The molecule has 0 aliphatic carbocycles. The fourth-order valence-corrected chi connectivity index (χ4v) is 2.29. The Labute approximate surface area is 105 Å². The summed E-state index contributed by atoms with van der Waals surface area (Å²) in [5, 5.41) is 0. The molecule has 17 heavy (non-hydrogen) atoms. The number of thioether (sulfide) groups is 1. The second kappa shape index (κ2) is 5.64. The van der Waals surface area contributed by atoms with Gasteiger partial charge < -0.3 is 0 Å². The molecule has 0 amide bonds. The predicted octanol–water partition coefficient (Wildman–Crippen LogP) is 3.58. The van der Waals surface area contributed by atoms with Crippen molar-refractivity contribution in [3.63, 3.8) is 0 Å². The van der Waals surface area contributed by atoms with Crippen LogP contribution in [0, 0.1) is 0 Å². The molecule has 0 saturated heterocycles. The zero-order valence-corrected chi connectivity index (χ0v) is 10.4. The number of pyridine rings is 1. The fraction of sp³-hybridized carbons (Fsp3) is 0.143. The van der Waals surface area contributed by atoms with Gasteiger partial charge in [0.2, 0.25) is 0 Å². The first-order valence-electron chi connectivity index (χ1n) is 5.38. The van der Waals surface area contributed by atoms with Crippen LogP contribution in [0.2, 0.25) is 0 Å². The van der Waals surface area contributed by atoms with Gasteiger partial charge in [-0.2, -0.15) is 0 Å². The van der Waals surface area contributed by atoms with Crippen LogP contribution in [-0.4, -0.2) is 10.8 Å². The van der Waals surface area contributed by atoms with E-state index in [-0.39, 0.29) is 5.78 Å². The van der Waals surface area contributed by atoms with Gasteiger partial charge in [-0.05, 0) is 36.8 Å². The van der Waals surface area contributed by atoms with Gasteiger partial charge in [0.25, 0.3) is 0 Å². The summed E-state index contributed by atoms with van der Waals surface area (Å²) in [6, 6.07) is 11.7. The van der Waals surface area contributed by atoms with Crippen LogP contribution in [0.3, 0.4) is 0 Å². The van der Waals surface area contributed by atoms with E-state index in [0.29, 0.717) is 0 Å². The van der Waals surface area contributed by atoms with E-state index in [0.717, 1.165) is 11.3 Å². The molecule has 0 fully saturated rings. The van der Waals surface area contributed by atoms with E-state index < -0.39 is 0 Å². The SMILES string of the molecule is CC(=O)c1ccc(SCc2ccncc2)cc1. The zero-order valence-electron chi connectivity index (χ0n) is 9.59. The van der Waals surface area contributed by atoms with Crippen LogP contribution in [0.15, 0.2) is 53.7 Å². The molecule has 0 spiro atoms. The number of carbonyl (C=O) groups is 1. The van der Waals surface area contributed by atoms with Crippen molar-refractivity contribution in [2.24, 2.45) is 0 Å². The van der Waals surface area contributed by atoms with Crippen molar-refractivity contribution in [2.75, 3.05) is 0 Å². The van der Waals surface area contributed by atoms with Crippen LogP contribution in [0.1, 0.15) is 22.8 Å². The molecule has 1 heterocycles. The monoisotopic (exact) mass is 243 g/mol. The molecular formula is C14H13NOS. The number of ketones is 1. The molecule has 2 aromatic rings. The summed E-state index contributed by atoms with van der Waals surface area (Å²) in [6.07, 6.45) is 3.60. The molecule has 2 rings (SSSR count). The summed E-state index contributed by atoms with van der Waals surface area (Å²) in [6.45, 7) is 1.58. The van der Waals surface area contributed by atoms with Crippen LogP contribution in [0.25, 0.3) is 0 Å². The molecule has 0 radical (unpaired) electrons. The Morgan fingerprint density at radius 3 is 2.35 bits per heavy atom. The van der Waals surface area contributed by atoms with E-state index in [4.69, 9.17) is 0 Å². The van der Waals surface area contributed by atoms with E-state index in [1.807, 2.05) is 36.4 Å². The van der Waals surface area contributed by atoms with Gasteiger partial charge in [0, 0.05) is 28.6 Å². The first-order valence-corrected chi connectivity index (χ1v) is 6.37. The summed E-state index contributed by atoms with van der Waals surface area (Å²) in [4.78, 5) is 16.3. The molecule has 2 nitrogen and oxygen atoms in total. The van der Waals surface area contributed by atoms with Crippen molar-refractivity contribution in [3.8, 4) is 0 Å². The Kier molecular flexibility index (Phi) is 3.94. The fourth-order valence-electron chi connectivity index (χ4n) is 1.43. The van der Waals surface area contributed by atoms with Crippen molar-refractivity contribution in [2.45, 2.75) is 17.6 Å². The average molecular weight is 243 g/mol. The van der Waals surface area contributed by atoms with Gasteiger partial charge in [0.1, 0.15) is 0 Å². The van der Waals surface area contributed by atoms with E-state index in [2.05, 4.69) is 4.98 Å². The molecule has 0 saturated carbocycles. The minimum atomic E-state index is 0.107. The maximum absolute atomic E-state index is 11.1. The smallest absolute Gasteiger partial charge is 0.159 e. The number of Topliss-reactive ketones (excluding diaryl/α,β-unsaturated/α-hetero) is 1. The lowest BCUT2D eigenvalue weighted by Gasteiger charge is -2.02. The van der Waals surface area contributed by atoms with E-state index in [9.17, 15) is 4.79 Å². The second-order valence-corrected chi connectivity index (χ2v) is 4.77. The molecule has 0 atom stereocenters. The summed E-state index contributed by atoms with van der Waals surface area (Å²) < 4.78 is 0. The maximum atomic E-state index is 11.1. The summed E-state index contributed by atoms with van der Waals surface area (Å²) in [5.74, 6) is 1.03. The number of rotatable bonds is 4. The number of benzene rings is 1. The van der Waals surface area contributed by atoms with Gasteiger partial charge >= 0.3 is 0 Å². The Hall–Kier alpha value is -1.61. The Morgan fingerprint density at radius 2 is 1.76 bits per heavy atom. The first-order chi connectivity index (χ1) is 8.25. The van der Waals surface area contributed by atoms with Gasteiger partial charge in [-0.15, -0.1) is 11.8 Å². The minimum Gasteiger partial charge on any atom is -0.295 e. The number of aromatic nitrogens is 1. The minimum absolute atomic E-state index is 0.107. The van der Waals surface area contributed by atoms with Crippen molar-refractivity contribution >= 4 is 17.5 Å². The topological polar surface area (TPSA) is 30.0 Å². The quantitative estimate of drug-likeness (QED) is 0.607. The van der Waals surface area contributed by atoms with E-state index in [1.165, 1.54) is 10.5 Å². The normalized spacial score (nSPS) is 10.2. The lowest BCUT2D eigenvalue weighted by atomic mass is 10.2. The summed E-state index contributed by atoms with van der Waals surface area (Å²) >= 11 is 1.75. The van der Waals surface area contributed by atoms with Crippen LogP contribution < -0.4 is 0 Å². The lowest BCUT2D eigenvalue weighted by Crippen LogP contribution is -1.90. The van der Waals surface area contributed by atoms with Crippen LogP contribution >= 0.6 is 11.8 Å². The molecule has 0 N–H and O–H groups in total. The molecule has 0 aliphatic rings. The largest absolute Gasteiger partial charge is 0.295 e. The number of hydrogen-bond acceptors (Lipinski definition) is 3. The molecule has 3 heteroatoms. The highest BCUT2D eigenvalue weighted by atomic mass is 32.2. The molecule has 86 valence electrons. The van der Waals surface area contributed by atoms with Crippen LogP contribution in [0.4, 0.5) is 0 Å². The van der Waals surface area contributed by atoms with Crippen molar-refractivity contribution in [3.05, 3.63) is 59.9 Å². The first kappa shape index (κ1) is 11.9. The lowest BCUT2D eigenvalue weighted by molar-refractivity contribution is 0.101. The maximum Gasteiger partial charge on any atom is 0.159 e. The Morgan fingerprint density at radius 1 is 1.12 bits per heavy atom. The highest BCUT2D eigenvalue weighted by Gasteiger charge is 2.00. The van der Waals surface area contributed by atoms with E-state index >= 15 is 0 Å². The Bertz CT molecular complexity index is 493. The molecular weight excluding hydrogens is 230 g/mol. The van der Waals surface area contributed by atoms with Gasteiger partial charge in [-0.25, -0.2) is 0 Å². The van der Waals surface area contributed by atoms with Crippen LogP contribution in [0.5, 0.6) is 0 Å². The molecule has 0 aliphatic heterocycles. The third kappa shape index (κ3) is 3.43. The van der Waals surface area contributed by atoms with Crippen molar-refractivity contribution in [1.82, 2.24) is 4.98 Å². The van der Waals surface area contributed by atoms with Gasteiger partial charge in [-0.1, -0.05) is 12.1 Å². The second-order valence-electron chi connectivity index (χ2n) is 3.72. The number of carbonyl (C=O) groups excluding carboxylic acids is 1. The molecule has 1 aromatic carbocycles. The van der Waals surface area contributed by atoms with Gasteiger partial charge in [-0.3, -0.25) is 9.78 Å². The molecule has 0 bridgehead atoms. The molecule has 1 aromatic heterocycles. The molecule has 0 unspecified atom stereocenters. The van der Waals surface area contributed by atoms with Crippen LogP contribution in [-0.2, 0) is 5.75 Å². The third-order valence-electron chi connectivity index (χ3n) is 2.42. The highest BCUT2D eigenvalue weighted by molar-refractivity contribution is 7.98. The average Bonchev–Trinajstić information content (AvgIpc) is 2.38. The van der Waals surface area contributed by atoms with Gasteiger partial charge in [0.05, 0.1) is 0 Å². The summed E-state index contributed by atoms with van der Waals surface area (Å²) in [5.41, 5.74) is 2.01. The standard InChI is InChI=1S/C14H13NOS/c1-11(16)13-2-4-14(5-3-13)17-10-12-6-8-15-9-7-12/h2-9H,10H2,1H3. The third-order valence-corrected chi connectivity index (χ3v) is 3.50. The number of nitrogens with zero attached hydrogens (tertiary/aromatic N) is 1. The highest BCUT2D eigenvalue weighted by Crippen LogP contribution is 2.22. The van der Waals surface area contributed by atoms with Crippen molar-refractivity contribution < 1.29 is 4.79 Å². The summed E-state index contributed by atoms with van der Waals surface area (Å²) in [7, 11) is 0. The van der Waals surface area contributed by atoms with Crippen molar-refractivity contribution in [1.29, 1.82) is 0 Å². The number of hydrogen-bond donors (Lipinski definition) is 0. The van der Waals surface area contributed by atoms with E-state index in [1.54, 1.807) is 31.1 Å². The zero-order chi connectivity index (χ0) is 12.1. The van der Waals surface area contributed by atoms with Gasteiger partial charge in [0.15, 0.2) is 5.78 Å². The predicted molar refractivity (Wildman–Crippen MR) is 70.2 cm³/mol. The Balaban J connectivity index is 1.98.